The Kier molecular flexibility index (Phi) is 36.4. The van der Waals surface area contributed by atoms with E-state index in [2.05, 4.69) is 86.8 Å². The number of carbonyl (C=O) groups excluding carboxylic acids is 3. The van der Waals surface area contributed by atoms with Gasteiger partial charge in [0.15, 0.2) is 6.10 Å². The van der Waals surface area contributed by atoms with E-state index in [-0.39, 0.29) is 49.1 Å². The predicted octanol–water partition coefficient (Wildman–Crippen LogP) is 10.6. The highest BCUT2D eigenvalue weighted by Crippen LogP contribution is 2.12. The molecule has 0 rings (SSSR count). The van der Waals surface area contributed by atoms with Crippen molar-refractivity contribution in [3.63, 3.8) is 0 Å². The van der Waals surface area contributed by atoms with Crippen LogP contribution >= 0.6 is 0 Å². The minimum atomic E-state index is -1.14. The van der Waals surface area contributed by atoms with Crippen LogP contribution in [0.5, 0.6) is 0 Å². The number of allylic oxidation sites excluding steroid dienone is 12. The van der Waals surface area contributed by atoms with Crippen LogP contribution in [0.25, 0.3) is 0 Å². The number of quaternary nitrogens is 1. The lowest BCUT2D eigenvalue weighted by Gasteiger charge is -2.34. The number of nitrogens with zero attached hydrogens (tertiary/aromatic N) is 1. The van der Waals surface area contributed by atoms with E-state index in [9.17, 15) is 19.5 Å². The number of carboxylic acid groups (broad SMARTS) is 1. The van der Waals surface area contributed by atoms with Crippen molar-refractivity contribution in [3.05, 3.63) is 72.9 Å². The van der Waals surface area contributed by atoms with Crippen LogP contribution in [0.15, 0.2) is 72.9 Å². The Bertz CT molecular complexity index is 1140. The van der Waals surface area contributed by atoms with Gasteiger partial charge in [0.2, 0.25) is 0 Å². The molecule has 2 unspecified atom stereocenters. The van der Waals surface area contributed by atoms with E-state index in [0.717, 1.165) is 83.5 Å². The lowest BCUT2D eigenvalue weighted by Crippen LogP contribution is -2.55. The van der Waals surface area contributed by atoms with Crippen molar-refractivity contribution in [1.29, 1.82) is 0 Å². The zero-order valence-electron chi connectivity index (χ0n) is 36.3. The summed E-state index contributed by atoms with van der Waals surface area (Å²) in [7, 11) is 5.38. The van der Waals surface area contributed by atoms with E-state index < -0.39 is 18.1 Å². The third kappa shape index (κ3) is 36.4. The predicted molar refractivity (Wildman–Crippen MR) is 231 cm³/mol. The average molecular weight is 784 g/mol. The number of likely N-dealkylation sites (N-methyl/N-ethyl adjacent to an activating group) is 1. The minimum Gasteiger partial charge on any atom is -0.544 e. The van der Waals surface area contributed by atoms with Gasteiger partial charge in [-0.1, -0.05) is 132 Å². The normalized spacial score (nSPS) is 13.7. The van der Waals surface area contributed by atoms with Crippen molar-refractivity contribution in [2.45, 2.75) is 174 Å². The quantitative estimate of drug-likeness (QED) is 0.0266. The van der Waals surface area contributed by atoms with E-state index in [1.807, 2.05) is 0 Å². The molecule has 0 saturated heterocycles. The van der Waals surface area contributed by atoms with Gasteiger partial charge in [-0.15, -0.1) is 0 Å². The fourth-order valence-electron chi connectivity index (χ4n) is 5.83. The lowest BCUT2D eigenvalue weighted by atomic mass is 10.1. The molecular formula is C48H81NO7. The minimum absolute atomic E-state index is 0.0198. The monoisotopic (exact) mass is 784 g/mol. The average Bonchev–Trinajstić information content (AvgIpc) is 3.15. The Labute approximate surface area is 342 Å². The van der Waals surface area contributed by atoms with E-state index in [1.165, 1.54) is 38.5 Å². The fourth-order valence-corrected chi connectivity index (χ4v) is 5.83. The van der Waals surface area contributed by atoms with Crippen LogP contribution in [0.1, 0.15) is 162 Å². The Morgan fingerprint density at radius 1 is 0.536 bits per heavy atom. The molecule has 0 N–H and O–H groups in total. The summed E-state index contributed by atoms with van der Waals surface area (Å²) in [5, 5.41) is 11.6. The number of carboxylic acids is 1. The number of hydrogen-bond donors (Lipinski definition) is 0. The van der Waals surface area contributed by atoms with Gasteiger partial charge in [0.1, 0.15) is 12.6 Å². The fraction of sp³-hybridized carbons (Fsp3) is 0.688. The van der Waals surface area contributed by atoms with Crippen LogP contribution < -0.4 is 5.11 Å². The van der Waals surface area contributed by atoms with Crippen molar-refractivity contribution in [2.75, 3.05) is 41.0 Å². The summed E-state index contributed by atoms with van der Waals surface area (Å²) in [4.78, 5) is 36.8. The van der Waals surface area contributed by atoms with Crippen LogP contribution in [-0.4, -0.2) is 75.5 Å². The highest BCUT2D eigenvalue weighted by Gasteiger charge is 2.25. The molecule has 0 heterocycles. The van der Waals surface area contributed by atoms with E-state index in [0.29, 0.717) is 12.8 Å². The highest BCUT2D eigenvalue weighted by molar-refractivity contribution is 5.70. The molecule has 0 bridgehead atoms. The third-order valence-corrected chi connectivity index (χ3v) is 9.32. The van der Waals surface area contributed by atoms with Crippen LogP contribution in [0.2, 0.25) is 0 Å². The summed E-state index contributed by atoms with van der Waals surface area (Å²) in [6, 6.07) is -0.736. The number of carbonyl (C=O) groups is 3. The summed E-state index contributed by atoms with van der Waals surface area (Å²) in [6.45, 7) is 4.52. The SMILES string of the molecule is CCCC/C=C/CCCCCCCC(=O)OC(COCCC(C(=O)[O-])[N+](C)(C)C)COC(=O)CCCC/C=C/C/C=C/C/C=C/C/C=C/C/C=C/CCCCC. The van der Waals surface area contributed by atoms with Crippen molar-refractivity contribution >= 4 is 17.9 Å². The topological polar surface area (TPSA) is 102 Å². The molecule has 0 spiro atoms. The van der Waals surface area contributed by atoms with E-state index >= 15 is 0 Å². The van der Waals surface area contributed by atoms with E-state index in [1.54, 1.807) is 21.1 Å². The molecule has 0 aromatic carbocycles. The molecule has 8 nitrogen and oxygen atoms in total. The Hall–Kier alpha value is -3.23. The lowest BCUT2D eigenvalue weighted by molar-refractivity contribution is -0.889. The molecule has 0 fully saturated rings. The number of ether oxygens (including phenoxy) is 3. The van der Waals surface area contributed by atoms with Crippen LogP contribution in [0.3, 0.4) is 0 Å². The second kappa shape index (κ2) is 38.6. The Morgan fingerprint density at radius 3 is 1.50 bits per heavy atom. The van der Waals surface area contributed by atoms with Crippen LogP contribution in [-0.2, 0) is 28.6 Å². The molecular weight excluding hydrogens is 703 g/mol. The molecule has 0 radical (unpaired) electrons. The molecule has 320 valence electrons. The largest absolute Gasteiger partial charge is 0.544 e. The molecule has 0 saturated carbocycles. The number of rotatable bonds is 38. The maximum Gasteiger partial charge on any atom is 0.306 e. The van der Waals surface area contributed by atoms with Crippen molar-refractivity contribution < 1.29 is 38.2 Å². The van der Waals surface area contributed by atoms with Gasteiger partial charge in [0.05, 0.1) is 40.3 Å². The first-order chi connectivity index (χ1) is 27.1. The summed E-state index contributed by atoms with van der Waals surface area (Å²) in [5.74, 6) is -1.81. The molecule has 0 amide bonds. The van der Waals surface area contributed by atoms with Gasteiger partial charge in [-0.2, -0.15) is 0 Å². The first-order valence-corrected chi connectivity index (χ1v) is 22.0. The van der Waals surface area contributed by atoms with Crippen molar-refractivity contribution in [1.82, 2.24) is 0 Å². The second-order valence-corrected chi connectivity index (χ2v) is 15.6. The zero-order valence-corrected chi connectivity index (χ0v) is 36.3. The summed E-state index contributed by atoms with van der Waals surface area (Å²) in [5.41, 5.74) is 0. The maximum atomic E-state index is 12.7. The molecule has 0 aliphatic heterocycles. The van der Waals surface area contributed by atoms with Gasteiger partial charge < -0.3 is 28.6 Å². The molecule has 8 heteroatoms. The number of aliphatic carboxylic acids is 1. The zero-order chi connectivity index (χ0) is 41.4. The van der Waals surface area contributed by atoms with Crippen molar-refractivity contribution in [3.8, 4) is 0 Å². The summed E-state index contributed by atoms with van der Waals surface area (Å²) >= 11 is 0. The molecule has 0 aliphatic rings. The smallest absolute Gasteiger partial charge is 0.306 e. The van der Waals surface area contributed by atoms with Gasteiger partial charge in [0.25, 0.3) is 0 Å². The molecule has 56 heavy (non-hydrogen) atoms. The standard InChI is InChI=1S/C48H81NO7/c1-6-8-10-12-14-16-18-19-20-21-22-23-24-25-26-27-29-30-32-34-36-38-46(50)55-43-44(42-54-41-40-45(48(52)53)49(3,4)5)56-47(51)39-37-35-33-31-28-17-15-13-11-9-7-2/h13-16,19-20,22-23,25-26,29-30,44-45H,6-12,17-18,21,24,27-28,31-43H2,1-5H3/b15-13+,16-14+,20-19+,23-22+,26-25+,30-29+. The summed E-state index contributed by atoms with van der Waals surface area (Å²) in [6.07, 6.45) is 47.9. The number of hydrogen-bond acceptors (Lipinski definition) is 7. The van der Waals surface area contributed by atoms with E-state index in [4.69, 9.17) is 14.2 Å². The Balaban J connectivity index is 4.41. The highest BCUT2D eigenvalue weighted by atomic mass is 16.6. The number of esters is 2. The van der Waals surface area contributed by atoms with Gasteiger partial charge in [-0.3, -0.25) is 9.59 Å². The van der Waals surface area contributed by atoms with Crippen LogP contribution in [0.4, 0.5) is 0 Å². The number of unbranched alkanes of at least 4 members (excludes halogenated alkanes) is 12. The molecule has 0 aliphatic carbocycles. The third-order valence-electron chi connectivity index (χ3n) is 9.32. The first-order valence-electron chi connectivity index (χ1n) is 22.0. The van der Waals surface area contributed by atoms with Gasteiger partial charge in [0, 0.05) is 19.3 Å². The van der Waals surface area contributed by atoms with Gasteiger partial charge >= 0.3 is 11.9 Å². The molecule has 0 aromatic heterocycles. The van der Waals surface area contributed by atoms with Crippen molar-refractivity contribution in [2.24, 2.45) is 0 Å². The Morgan fingerprint density at radius 2 is 0.964 bits per heavy atom. The second-order valence-electron chi connectivity index (χ2n) is 15.6. The molecule has 2 atom stereocenters. The first kappa shape index (κ1) is 52.8. The van der Waals surface area contributed by atoms with Crippen LogP contribution in [0, 0.1) is 0 Å². The van der Waals surface area contributed by atoms with Gasteiger partial charge in [-0.05, 0) is 83.5 Å². The summed E-state index contributed by atoms with van der Waals surface area (Å²) < 4.78 is 17.1. The maximum absolute atomic E-state index is 12.7. The molecule has 0 aromatic rings. The van der Waals surface area contributed by atoms with Gasteiger partial charge in [-0.25, -0.2) is 0 Å².